The number of benzene rings is 4. The fourth-order valence-corrected chi connectivity index (χ4v) is 4.63. The molecule has 1 aliphatic rings. The molecule has 0 unspecified atom stereocenters. The molecule has 1 N–H and O–H groups in total. The summed E-state index contributed by atoms with van der Waals surface area (Å²) in [6.45, 7) is 7.27. The Morgan fingerprint density at radius 2 is 1.41 bits per heavy atom. The minimum atomic E-state index is -0.989. The molecular weight excluding hydrogens is 395 g/mol. The minimum Gasteiger partial charge on any atom is -0.457 e. The van der Waals surface area contributed by atoms with Gasteiger partial charge in [-0.1, -0.05) is 60.7 Å². The summed E-state index contributed by atoms with van der Waals surface area (Å²) in [6.07, 6.45) is 0. The minimum absolute atomic E-state index is 0.750. The van der Waals surface area contributed by atoms with Gasteiger partial charge in [-0.2, -0.15) is 0 Å². The summed E-state index contributed by atoms with van der Waals surface area (Å²) in [5, 5.41) is 15.1. The quantitative estimate of drug-likeness (QED) is 0.346. The van der Waals surface area contributed by atoms with Crippen LogP contribution in [0.4, 0.5) is 0 Å². The average Bonchev–Trinajstić information content (AvgIpc) is 3.30. The lowest BCUT2D eigenvalue weighted by molar-refractivity contribution is -0.0893. The molecule has 1 aliphatic carbocycles. The van der Waals surface area contributed by atoms with Crippen LogP contribution < -0.4 is 5.46 Å². The van der Waals surface area contributed by atoms with E-state index < -0.39 is 11.2 Å². The molecule has 0 atom stereocenters. The highest BCUT2D eigenvalue weighted by atomic mass is 16.5. The third kappa shape index (κ3) is 2.63. The first-order chi connectivity index (χ1) is 15.3. The zero-order valence-electron chi connectivity index (χ0n) is 18.7. The van der Waals surface area contributed by atoms with Crippen LogP contribution in [0.1, 0.15) is 27.7 Å². The Balaban J connectivity index is 1.57. The van der Waals surface area contributed by atoms with Crippen LogP contribution in [0.5, 0.6) is 0 Å². The molecule has 6 rings (SSSR count). The van der Waals surface area contributed by atoms with Gasteiger partial charge in [-0.3, -0.25) is 0 Å². The molecule has 0 fully saturated rings. The normalized spacial score (nSPS) is 13.3. The van der Waals surface area contributed by atoms with Crippen LogP contribution >= 0.6 is 0 Å². The highest BCUT2D eigenvalue weighted by molar-refractivity contribution is 6.51. The van der Waals surface area contributed by atoms with Crippen LogP contribution in [0.15, 0.2) is 71.1 Å². The highest BCUT2D eigenvalue weighted by Crippen LogP contribution is 2.50. The van der Waals surface area contributed by atoms with Gasteiger partial charge in [0.1, 0.15) is 11.2 Å². The molecule has 3 nitrogen and oxygen atoms in total. The topological polar surface area (TPSA) is 42.6 Å². The SMILES string of the molecule is CC(C)(O)C(C)(C)O[B]c1cccc2c1oc1cc3c4c(cccc4c12)-c1ccccc1-3. The fraction of sp³-hybridized carbons (Fsp3) is 0.214. The molecule has 1 aromatic heterocycles. The molecular formula is C28H24BO3. The Morgan fingerprint density at radius 1 is 0.750 bits per heavy atom. The third-order valence-corrected chi connectivity index (χ3v) is 7.11. The van der Waals surface area contributed by atoms with Gasteiger partial charge in [0.2, 0.25) is 0 Å². The molecule has 157 valence electrons. The second-order valence-corrected chi connectivity index (χ2v) is 9.70. The van der Waals surface area contributed by atoms with E-state index in [1.165, 1.54) is 33.0 Å². The first-order valence-corrected chi connectivity index (χ1v) is 11.0. The predicted octanol–water partition coefficient (Wildman–Crippen LogP) is 6.20. The summed E-state index contributed by atoms with van der Waals surface area (Å²) < 4.78 is 12.5. The standard InChI is InChI=1S/C28H24BO3/c1-27(2,30)28(3,4)32-29-22-14-8-13-20-25-19-12-7-11-18-16-9-5-6-10-17(16)21(24(18)19)15-23(25)31-26(20)22/h5-15,30H,1-4H3. The number of aliphatic hydroxyl groups is 1. The van der Waals surface area contributed by atoms with Gasteiger partial charge in [-0.05, 0) is 72.3 Å². The second-order valence-electron chi connectivity index (χ2n) is 9.70. The smallest absolute Gasteiger partial charge is 0.334 e. The van der Waals surface area contributed by atoms with Crippen molar-refractivity contribution < 1.29 is 14.2 Å². The molecule has 32 heavy (non-hydrogen) atoms. The molecule has 1 radical (unpaired) electrons. The van der Waals surface area contributed by atoms with E-state index >= 15 is 0 Å². The summed E-state index contributed by atoms with van der Waals surface area (Å²) in [6, 6.07) is 23.4. The van der Waals surface area contributed by atoms with Gasteiger partial charge in [0.25, 0.3) is 0 Å². The van der Waals surface area contributed by atoms with Gasteiger partial charge in [-0.25, -0.2) is 0 Å². The monoisotopic (exact) mass is 419 g/mol. The van der Waals surface area contributed by atoms with Crippen LogP contribution in [0.3, 0.4) is 0 Å². The van der Waals surface area contributed by atoms with Crippen molar-refractivity contribution in [2.75, 3.05) is 0 Å². The zero-order chi connectivity index (χ0) is 22.3. The largest absolute Gasteiger partial charge is 0.457 e. The molecule has 0 amide bonds. The van der Waals surface area contributed by atoms with Crippen molar-refractivity contribution >= 4 is 45.7 Å². The number of hydrogen-bond acceptors (Lipinski definition) is 3. The molecule has 4 aromatic carbocycles. The van der Waals surface area contributed by atoms with Crippen molar-refractivity contribution in [3.8, 4) is 22.3 Å². The fourth-order valence-electron chi connectivity index (χ4n) is 4.63. The Bertz CT molecular complexity index is 1540. The number of furan rings is 1. The third-order valence-electron chi connectivity index (χ3n) is 7.11. The van der Waals surface area contributed by atoms with E-state index in [1.54, 1.807) is 21.3 Å². The number of para-hydroxylation sites is 1. The van der Waals surface area contributed by atoms with Crippen LogP contribution in [0.25, 0.3) is 55.0 Å². The van der Waals surface area contributed by atoms with Crippen molar-refractivity contribution in [1.29, 1.82) is 0 Å². The van der Waals surface area contributed by atoms with Crippen molar-refractivity contribution in [2.24, 2.45) is 0 Å². The Hall–Kier alpha value is -3.08. The van der Waals surface area contributed by atoms with Crippen LogP contribution in [0.2, 0.25) is 0 Å². The lowest BCUT2D eigenvalue weighted by atomic mass is 9.82. The molecule has 4 heteroatoms. The van der Waals surface area contributed by atoms with Gasteiger partial charge >= 0.3 is 7.48 Å². The number of fused-ring (bicyclic) bond motifs is 7. The van der Waals surface area contributed by atoms with Crippen LogP contribution in [-0.4, -0.2) is 23.8 Å². The average molecular weight is 419 g/mol. The van der Waals surface area contributed by atoms with Gasteiger partial charge in [0.15, 0.2) is 0 Å². The molecule has 0 bridgehead atoms. The summed E-state index contributed by atoms with van der Waals surface area (Å²) in [5.74, 6) is 0. The van der Waals surface area contributed by atoms with E-state index in [4.69, 9.17) is 9.07 Å². The Kier molecular flexibility index (Phi) is 3.96. The summed E-state index contributed by atoms with van der Waals surface area (Å²) in [4.78, 5) is 0. The van der Waals surface area contributed by atoms with Crippen molar-refractivity contribution in [2.45, 2.75) is 38.9 Å². The summed E-state index contributed by atoms with van der Waals surface area (Å²) in [7, 11) is 1.71. The lowest BCUT2D eigenvalue weighted by Crippen LogP contribution is -2.49. The molecule has 1 heterocycles. The summed E-state index contributed by atoms with van der Waals surface area (Å²) in [5.41, 5.74) is 5.83. The first-order valence-electron chi connectivity index (χ1n) is 11.0. The van der Waals surface area contributed by atoms with Crippen molar-refractivity contribution in [1.82, 2.24) is 0 Å². The maximum Gasteiger partial charge on any atom is 0.334 e. The molecule has 0 saturated carbocycles. The van der Waals surface area contributed by atoms with E-state index in [-0.39, 0.29) is 0 Å². The van der Waals surface area contributed by atoms with E-state index in [2.05, 4.69) is 54.6 Å². The zero-order valence-corrected chi connectivity index (χ0v) is 18.7. The van der Waals surface area contributed by atoms with E-state index in [0.29, 0.717) is 0 Å². The summed E-state index contributed by atoms with van der Waals surface area (Å²) >= 11 is 0. The molecule has 0 aliphatic heterocycles. The van der Waals surface area contributed by atoms with Gasteiger partial charge in [0.05, 0.1) is 11.2 Å². The van der Waals surface area contributed by atoms with E-state index in [0.717, 1.165) is 27.4 Å². The van der Waals surface area contributed by atoms with E-state index in [9.17, 15) is 5.11 Å². The van der Waals surface area contributed by atoms with Crippen molar-refractivity contribution in [3.63, 3.8) is 0 Å². The van der Waals surface area contributed by atoms with Crippen LogP contribution in [-0.2, 0) is 4.65 Å². The maximum atomic E-state index is 10.4. The Morgan fingerprint density at radius 3 is 2.16 bits per heavy atom. The first kappa shape index (κ1) is 19.6. The number of rotatable bonds is 4. The van der Waals surface area contributed by atoms with E-state index in [1.807, 2.05) is 26.0 Å². The Labute approximate surface area is 187 Å². The van der Waals surface area contributed by atoms with Crippen molar-refractivity contribution in [3.05, 3.63) is 66.7 Å². The maximum absolute atomic E-state index is 10.4. The molecule has 0 spiro atoms. The molecule has 5 aromatic rings. The number of hydrogen-bond donors (Lipinski definition) is 1. The molecule has 0 saturated heterocycles. The van der Waals surface area contributed by atoms with Crippen LogP contribution in [0, 0.1) is 0 Å². The lowest BCUT2D eigenvalue weighted by Gasteiger charge is -2.37. The van der Waals surface area contributed by atoms with Gasteiger partial charge in [-0.15, -0.1) is 0 Å². The van der Waals surface area contributed by atoms with Gasteiger partial charge in [0, 0.05) is 10.8 Å². The second kappa shape index (κ2) is 6.47. The predicted molar refractivity (Wildman–Crippen MR) is 133 cm³/mol. The highest BCUT2D eigenvalue weighted by Gasteiger charge is 2.36. The van der Waals surface area contributed by atoms with Gasteiger partial charge < -0.3 is 14.2 Å².